The monoisotopic (exact) mass is 349 g/mol. The van der Waals surface area contributed by atoms with E-state index in [4.69, 9.17) is 0 Å². The lowest BCUT2D eigenvalue weighted by molar-refractivity contribution is -0.137. The SMILES string of the molecule is CCN1C(=O)NC(=O)N(c2ccccc2)c2cc(C(F)(F)F)ccc21. The van der Waals surface area contributed by atoms with Crippen molar-refractivity contribution in [3.63, 3.8) is 0 Å². The molecule has 8 heteroatoms. The number of anilines is 3. The number of halogens is 3. The van der Waals surface area contributed by atoms with Gasteiger partial charge in [0.05, 0.1) is 22.6 Å². The average Bonchev–Trinajstić information content (AvgIpc) is 2.66. The van der Waals surface area contributed by atoms with Crippen molar-refractivity contribution in [3.05, 3.63) is 54.1 Å². The molecule has 0 saturated carbocycles. The van der Waals surface area contributed by atoms with Crippen LogP contribution in [0.5, 0.6) is 0 Å². The van der Waals surface area contributed by atoms with E-state index in [-0.39, 0.29) is 17.9 Å². The van der Waals surface area contributed by atoms with Crippen molar-refractivity contribution in [2.24, 2.45) is 0 Å². The molecule has 130 valence electrons. The number of fused-ring (bicyclic) bond motifs is 1. The third kappa shape index (κ3) is 3.02. The fraction of sp³-hybridized carbons (Fsp3) is 0.176. The number of hydrogen-bond donors (Lipinski definition) is 1. The minimum absolute atomic E-state index is 0.00812. The van der Waals surface area contributed by atoms with Crippen LogP contribution in [-0.4, -0.2) is 18.6 Å². The molecule has 0 aliphatic carbocycles. The predicted molar refractivity (Wildman–Crippen MR) is 87.0 cm³/mol. The van der Waals surface area contributed by atoms with E-state index in [1.165, 1.54) is 11.0 Å². The average molecular weight is 349 g/mol. The van der Waals surface area contributed by atoms with E-state index in [1.54, 1.807) is 37.3 Å². The molecule has 25 heavy (non-hydrogen) atoms. The standard InChI is InChI=1S/C17H14F3N3O2/c1-2-22-13-9-8-11(17(18,19)20)10-14(13)23(16(25)21-15(22)24)12-6-4-3-5-7-12/h3-10H,2H2,1H3,(H,21,24,25). The highest BCUT2D eigenvalue weighted by atomic mass is 19.4. The first-order valence-electron chi connectivity index (χ1n) is 7.52. The van der Waals surface area contributed by atoms with Gasteiger partial charge in [0.25, 0.3) is 0 Å². The number of amides is 4. The number of imide groups is 1. The molecule has 2 aromatic carbocycles. The molecule has 4 amide bonds. The molecule has 0 unspecified atom stereocenters. The highest BCUT2D eigenvalue weighted by Gasteiger charge is 2.36. The van der Waals surface area contributed by atoms with Gasteiger partial charge >= 0.3 is 18.2 Å². The first-order chi connectivity index (χ1) is 11.8. The molecule has 2 aromatic rings. The largest absolute Gasteiger partial charge is 0.416 e. The van der Waals surface area contributed by atoms with Gasteiger partial charge in [-0.3, -0.25) is 15.1 Å². The van der Waals surface area contributed by atoms with Crippen molar-refractivity contribution in [3.8, 4) is 0 Å². The Labute approximate surface area is 141 Å². The molecule has 1 aliphatic rings. The van der Waals surface area contributed by atoms with Crippen molar-refractivity contribution in [1.82, 2.24) is 5.32 Å². The van der Waals surface area contributed by atoms with Crippen LogP contribution in [-0.2, 0) is 6.18 Å². The van der Waals surface area contributed by atoms with E-state index in [0.717, 1.165) is 17.0 Å². The summed E-state index contributed by atoms with van der Waals surface area (Å²) in [5.74, 6) is 0. The van der Waals surface area contributed by atoms with Gasteiger partial charge in [-0.15, -0.1) is 0 Å². The minimum Gasteiger partial charge on any atom is -0.292 e. The molecule has 1 N–H and O–H groups in total. The lowest BCUT2D eigenvalue weighted by Gasteiger charge is -2.24. The number of hydrogen-bond acceptors (Lipinski definition) is 2. The van der Waals surface area contributed by atoms with Crippen LogP contribution in [0.25, 0.3) is 0 Å². The van der Waals surface area contributed by atoms with Crippen molar-refractivity contribution in [2.75, 3.05) is 16.3 Å². The van der Waals surface area contributed by atoms with Gasteiger partial charge in [0.2, 0.25) is 0 Å². The summed E-state index contributed by atoms with van der Waals surface area (Å²) in [6.45, 7) is 1.86. The van der Waals surface area contributed by atoms with Gasteiger partial charge < -0.3 is 0 Å². The maximum Gasteiger partial charge on any atom is 0.416 e. The maximum absolute atomic E-state index is 13.1. The molecule has 1 aliphatic heterocycles. The molecule has 5 nitrogen and oxygen atoms in total. The van der Waals surface area contributed by atoms with E-state index in [2.05, 4.69) is 5.32 Å². The molecule has 1 heterocycles. The number of urea groups is 2. The van der Waals surface area contributed by atoms with Gasteiger partial charge in [-0.05, 0) is 37.3 Å². The Bertz CT molecular complexity index is 822. The Morgan fingerprint density at radius 1 is 0.960 bits per heavy atom. The van der Waals surface area contributed by atoms with Gasteiger partial charge in [-0.25, -0.2) is 9.59 Å². The van der Waals surface area contributed by atoms with Crippen molar-refractivity contribution in [1.29, 1.82) is 0 Å². The third-order valence-corrected chi connectivity index (χ3v) is 3.83. The van der Waals surface area contributed by atoms with Crippen molar-refractivity contribution >= 4 is 29.1 Å². The normalized spacial score (nSPS) is 14.9. The fourth-order valence-electron chi connectivity index (χ4n) is 2.69. The van der Waals surface area contributed by atoms with Crippen LogP contribution >= 0.6 is 0 Å². The Morgan fingerprint density at radius 3 is 2.24 bits per heavy atom. The van der Waals surface area contributed by atoms with Crippen LogP contribution in [0.2, 0.25) is 0 Å². The first-order valence-corrected chi connectivity index (χ1v) is 7.52. The molecular weight excluding hydrogens is 335 g/mol. The predicted octanol–water partition coefficient (Wildman–Crippen LogP) is 4.51. The number of para-hydroxylation sites is 1. The lowest BCUT2D eigenvalue weighted by atomic mass is 10.1. The smallest absolute Gasteiger partial charge is 0.292 e. The van der Waals surface area contributed by atoms with Gasteiger partial charge in [0.15, 0.2) is 0 Å². The minimum atomic E-state index is -4.57. The zero-order valence-corrected chi connectivity index (χ0v) is 13.2. The van der Waals surface area contributed by atoms with Crippen LogP contribution in [0.4, 0.5) is 39.8 Å². The third-order valence-electron chi connectivity index (χ3n) is 3.83. The zero-order valence-electron chi connectivity index (χ0n) is 13.2. The number of nitrogens with one attached hydrogen (secondary N) is 1. The summed E-state index contributed by atoms with van der Waals surface area (Å²) in [4.78, 5) is 27.0. The number of rotatable bonds is 2. The summed E-state index contributed by atoms with van der Waals surface area (Å²) in [5.41, 5.74) is -0.328. The van der Waals surface area contributed by atoms with Crippen LogP contribution in [0.15, 0.2) is 48.5 Å². The van der Waals surface area contributed by atoms with Crippen LogP contribution in [0.3, 0.4) is 0 Å². The first kappa shape index (κ1) is 16.8. The van der Waals surface area contributed by atoms with E-state index in [0.29, 0.717) is 5.69 Å². The second kappa shape index (κ2) is 6.12. The van der Waals surface area contributed by atoms with Crippen LogP contribution in [0, 0.1) is 0 Å². The van der Waals surface area contributed by atoms with Crippen LogP contribution < -0.4 is 15.1 Å². The molecule has 0 saturated heterocycles. The molecule has 0 atom stereocenters. The molecule has 3 rings (SSSR count). The quantitative estimate of drug-likeness (QED) is 0.867. The Morgan fingerprint density at radius 2 is 1.64 bits per heavy atom. The van der Waals surface area contributed by atoms with E-state index >= 15 is 0 Å². The summed E-state index contributed by atoms with van der Waals surface area (Å²) >= 11 is 0. The lowest BCUT2D eigenvalue weighted by Crippen LogP contribution is -2.44. The van der Waals surface area contributed by atoms with E-state index in [9.17, 15) is 22.8 Å². The summed E-state index contributed by atoms with van der Waals surface area (Å²) in [6, 6.07) is 9.66. The molecule has 0 radical (unpaired) electrons. The number of carbonyl (C=O) groups excluding carboxylic acids is 2. The van der Waals surface area contributed by atoms with Gasteiger partial charge in [-0.1, -0.05) is 18.2 Å². The van der Waals surface area contributed by atoms with E-state index < -0.39 is 23.8 Å². The number of alkyl halides is 3. The molecule has 0 fully saturated rings. The Hall–Kier alpha value is -3.03. The van der Waals surface area contributed by atoms with Gasteiger partial charge in [0, 0.05) is 6.54 Å². The van der Waals surface area contributed by atoms with E-state index in [1.807, 2.05) is 0 Å². The second-order valence-electron chi connectivity index (χ2n) is 5.35. The van der Waals surface area contributed by atoms with Crippen molar-refractivity contribution < 1.29 is 22.8 Å². The fourth-order valence-corrected chi connectivity index (χ4v) is 2.69. The Balaban J connectivity index is 2.26. The Kier molecular flexibility index (Phi) is 4.12. The number of benzene rings is 2. The van der Waals surface area contributed by atoms with Gasteiger partial charge in [-0.2, -0.15) is 13.2 Å². The zero-order chi connectivity index (χ0) is 18.2. The molecular formula is C17H14F3N3O2. The number of nitrogens with zero attached hydrogens (tertiary/aromatic N) is 2. The molecule has 0 bridgehead atoms. The second-order valence-corrected chi connectivity index (χ2v) is 5.35. The maximum atomic E-state index is 13.1. The van der Waals surface area contributed by atoms with Crippen LogP contribution in [0.1, 0.15) is 12.5 Å². The van der Waals surface area contributed by atoms with Gasteiger partial charge in [0.1, 0.15) is 0 Å². The molecule has 0 aromatic heterocycles. The summed E-state index contributed by atoms with van der Waals surface area (Å²) in [6.07, 6.45) is -4.57. The van der Waals surface area contributed by atoms with Crippen molar-refractivity contribution in [2.45, 2.75) is 13.1 Å². The topological polar surface area (TPSA) is 52.7 Å². The highest BCUT2D eigenvalue weighted by molar-refractivity contribution is 6.16. The summed E-state index contributed by atoms with van der Waals surface area (Å²) in [7, 11) is 0. The summed E-state index contributed by atoms with van der Waals surface area (Å²) < 4.78 is 39.4. The summed E-state index contributed by atoms with van der Waals surface area (Å²) in [5, 5.41) is 2.19. The molecule has 0 spiro atoms. The highest BCUT2D eigenvalue weighted by Crippen LogP contribution is 2.40. The number of carbonyl (C=O) groups is 2.